The van der Waals surface area contributed by atoms with Crippen molar-refractivity contribution in [3.63, 3.8) is 0 Å². The van der Waals surface area contributed by atoms with Crippen LogP contribution in [0.4, 0.5) is 5.69 Å². The summed E-state index contributed by atoms with van der Waals surface area (Å²) in [6.45, 7) is 1.68. The summed E-state index contributed by atoms with van der Waals surface area (Å²) in [6.07, 6.45) is 0.753. The van der Waals surface area contributed by atoms with E-state index < -0.39 is 28.2 Å². The summed E-state index contributed by atoms with van der Waals surface area (Å²) in [7, 11) is 2.83. The third-order valence-electron chi connectivity index (χ3n) is 7.35. The molecule has 1 aliphatic carbocycles. The minimum absolute atomic E-state index is 0.0329. The predicted molar refractivity (Wildman–Crippen MR) is 151 cm³/mol. The largest absolute Gasteiger partial charge is 0.500 e. The van der Waals surface area contributed by atoms with E-state index in [4.69, 9.17) is 14.2 Å². The number of benzene rings is 2. The number of methoxy groups -OCH3 is 2. The summed E-state index contributed by atoms with van der Waals surface area (Å²) < 4.78 is 16.1. The van der Waals surface area contributed by atoms with Crippen LogP contribution in [-0.2, 0) is 20.9 Å². The number of carbonyl (C=O) groups is 2. The number of carbonyl (C=O) groups excluding carboxylic acids is 2. The number of thiophene rings is 1. The number of hydrogen-bond donors (Lipinski definition) is 2. The second kappa shape index (κ2) is 11.5. The number of nitrogens with zero attached hydrogens (tertiary/aromatic N) is 1. The molecular weight excluding hydrogens is 548 g/mol. The second-order valence-electron chi connectivity index (χ2n) is 9.80. The Kier molecular flexibility index (Phi) is 7.80. The number of ketones is 1. The average Bonchev–Trinajstić information content (AvgIpc) is 3.50. The van der Waals surface area contributed by atoms with Crippen LogP contribution in [0.25, 0.3) is 0 Å². The molecule has 41 heavy (non-hydrogen) atoms. The van der Waals surface area contributed by atoms with Gasteiger partial charge in [0.2, 0.25) is 5.75 Å². The Labute approximate surface area is 240 Å². The van der Waals surface area contributed by atoms with Gasteiger partial charge in [-0.2, -0.15) is 0 Å². The Hall–Kier alpha value is -4.64. The number of nitro benzene ring substituents is 1. The number of rotatable bonds is 8. The first-order chi connectivity index (χ1) is 19.7. The standard InChI is InChI=1S/C30H28N2O8S/c1-16-26(30(35)40-15-17-6-8-20(38-2)9-7-17)27(19-12-22(32(36)37)29(34)24(14-19)39-3)28-21(31-16)11-18(13-23(28)33)25-5-4-10-41-25/h4-10,12,14,18,27,31,34H,11,13,15H2,1-3H3/t18-,27-/m1/s1. The molecule has 2 atom stereocenters. The molecule has 0 bridgehead atoms. The number of nitro groups is 1. The topological polar surface area (TPSA) is 137 Å². The van der Waals surface area contributed by atoms with Gasteiger partial charge in [-0.3, -0.25) is 14.9 Å². The Morgan fingerprint density at radius 2 is 1.90 bits per heavy atom. The highest BCUT2D eigenvalue weighted by atomic mass is 32.1. The first-order valence-corrected chi connectivity index (χ1v) is 13.7. The van der Waals surface area contributed by atoms with E-state index in [0.717, 1.165) is 10.4 Å². The number of Topliss-reactive ketones (excluding diaryl/α,β-unsaturated/α-hetero) is 1. The SMILES string of the molecule is COc1ccc(COC(=O)C2=C(C)NC3=C(C(=O)C[C@H](c4cccs4)C3)[C@@H]2c2cc(OC)c(O)c([N+](=O)[O-])c2)cc1. The van der Waals surface area contributed by atoms with Gasteiger partial charge in [0.25, 0.3) is 0 Å². The summed E-state index contributed by atoms with van der Waals surface area (Å²) in [5, 5.41) is 27.5. The number of phenols is 1. The van der Waals surface area contributed by atoms with Gasteiger partial charge < -0.3 is 24.6 Å². The molecule has 5 rings (SSSR count). The van der Waals surface area contributed by atoms with Crippen molar-refractivity contribution in [2.45, 2.75) is 38.2 Å². The number of hydrogen-bond acceptors (Lipinski definition) is 10. The maximum Gasteiger partial charge on any atom is 0.337 e. The van der Waals surface area contributed by atoms with Crippen LogP contribution in [-0.4, -0.2) is 36.0 Å². The van der Waals surface area contributed by atoms with E-state index in [2.05, 4.69) is 5.32 Å². The molecule has 0 unspecified atom stereocenters. The fourth-order valence-electron chi connectivity index (χ4n) is 5.39. The van der Waals surface area contributed by atoms with Crippen molar-refractivity contribution in [3.8, 4) is 17.2 Å². The molecule has 2 aliphatic rings. The van der Waals surface area contributed by atoms with Crippen LogP contribution >= 0.6 is 11.3 Å². The maximum absolute atomic E-state index is 13.8. The number of nitrogens with one attached hydrogen (secondary N) is 1. The van der Waals surface area contributed by atoms with Gasteiger partial charge in [0.05, 0.1) is 24.7 Å². The van der Waals surface area contributed by atoms with Crippen molar-refractivity contribution < 1.29 is 33.8 Å². The summed E-state index contributed by atoms with van der Waals surface area (Å²) >= 11 is 1.58. The Morgan fingerprint density at radius 1 is 1.15 bits per heavy atom. The second-order valence-corrected chi connectivity index (χ2v) is 10.8. The average molecular weight is 577 g/mol. The molecule has 0 spiro atoms. The number of phenolic OH excluding ortho intramolecular Hbond substituents is 1. The highest BCUT2D eigenvalue weighted by Crippen LogP contribution is 2.49. The van der Waals surface area contributed by atoms with Crippen LogP contribution in [0.5, 0.6) is 17.2 Å². The molecule has 3 aromatic rings. The molecule has 212 valence electrons. The van der Waals surface area contributed by atoms with E-state index in [-0.39, 0.29) is 41.6 Å². The number of esters is 1. The normalized spacial score (nSPS) is 18.5. The van der Waals surface area contributed by atoms with Gasteiger partial charge >= 0.3 is 11.7 Å². The van der Waals surface area contributed by atoms with Crippen molar-refractivity contribution in [3.05, 3.63) is 103 Å². The molecule has 0 saturated heterocycles. The molecule has 1 aromatic heterocycles. The van der Waals surface area contributed by atoms with Crippen molar-refractivity contribution in [2.75, 3.05) is 14.2 Å². The van der Waals surface area contributed by atoms with Crippen LogP contribution in [0.3, 0.4) is 0 Å². The molecule has 0 radical (unpaired) electrons. The monoisotopic (exact) mass is 576 g/mol. The number of aromatic hydroxyl groups is 1. The van der Waals surface area contributed by atoms with Gasteiger partial charge in [-0.15, -0.1) is 11.3 Å². The third kappa shape index (κ3) is 5.40. The summed E-state index contributed by atoms with van der Waals surface area (Å²) in [5.74, 6) is -1.97. The van der Waals surface area contributed by atoms with Crippen LogP contribution in [0.15, 0.2) is 76.5 Å². The van der Waals surface area contributed by atoms with Gasteiger partial charge in [0.15, 0.2) is 11.5 Å². The van der Waals surface area contributed by atoms with E-state index >= 15 is 0 Å². The Bertz CT molecular complexity index is 1570. The molecule has 2 heterocycles. The highest BCUT2D eigenvalue weighted by molar-refractivity contribution is 7.10. The lowest BCUT2D eigenvalue weighted by Gasteiger charge is -2.36. The molecule has 2 aromatic carbocycles. The zero-order valence-electron chi connectivity index (χ0n) is 22.6. The molecule has 10 nitrogen and oxygen atoms in total. The quantitative estimate of drug-likeness (QED) is 0.203. The Morgan fingerprint density at radius 3 is 2.54 bits per heavy atom. The van der Waals surface area contributed by atoms with Crippen molar-refractivity contribution >= 4 is 28.8 Å². The van der Waals surface area contributed by atoms with E-state index in [1.807, 2.05) is 17.5 Å². The summed E-state index contributed by atoms with van der Waals surface area (Å²) in [4.78, 5) is 39.6. The zero-order chi connectivity index (χ0) is 29.3. The maximum atomic E-state index is 13.8. The molecular formula is C30H28N2O8S. The van der Waals surface area contributed by atoms with Gasteiger partial charge in [0.1, 0.15) is 12.4 Å². The van der Waals surface area contributed by atoms with Gasteiger partial charge in [-0.25, -0.2) is 4.79 Å². The molecule has 0 fully saturated rings. The molecule has 0 amide bonds. The van der Waals surface area contributed by atoms with Crippen LogP contribution < -0.4 is 14.8 Å². The fourth-order valence-corrected chi connectivity index (χ4v) is 6.22. The van der Waals surface area contributed by atoms with Gasteiger partial charge in [-0.05, 0) is 54.1 Å². The first kappa shape index (κ1) is 27.9. The van der Waals surface area contributed by atoms with E-state index in [0.29, 0.717) is 29.1 Å². The van der Waals surface area contributed by atoms with Gasteiger partial charge in [-0.1, -0.05) is 18.2 Å². The minimum Gasteiger partial charge on any atom is -0.500 e. The summed E-state index contributed by atoms with van der Waals surface area (Å²) in [6, 6.07) is 13.6. The number of allylic oxidation sites excluding steroid dienone is 3. The van der Waals surface area contributed by atoms with Gasteiger partial charge in [0, 0.05) is 46.2 Å². The molecule has 11 heteroatoms. The lowest BCUT2D eigenvalue weighted by molar-refractivity contribution is -0.386. The molecule has 2 N–H and O–H groups in total. The predicted octanol–water partition coefficient (Wildman–Crippen LogP) is 5.48. The third-order valence-corrected chi connectivity index (χ3v) is 8.38. The minimum atomic E-state index is -0.973. The fraction of sp³-hybridized carbons (Fsp3) is 0.267. The highest BCUT2D eigenvalue weighted by Gasteiger charge is 2.42. The van der Waals surface area contributed by atoms with Crippen LogP contribution in [0.1, 0.15) is 47.6 Å². The van der Waals surface area contributed by atoms with E-state index in [9.17, 15) is 24.8 Å². The van der Waals surface area contributed by atoms with Crippen molar-refractivity contribution in [1.82, 2.24) is 5.32 Å². The van der Waals surface area contributed by atoms with E-state index in [1.54, 1.807) is 49.6 Å². The van der Waals surface area contributed by atoms with Crippen molar-refractivity contribution in [1.29, 1.82) is 0 Å². The zero-order valence-corrected chi connectivity index (χ0v) is 23.4. The number of ether oxygens (including phenoxy) is 3. The van der Waals surface area contributed by atoms with Crippen LogP contribution in [0.2, 0.25) is 0 Å². The lowest BCUT2D eigenvalue weighted by Crippen LogP contribution is -2.36. The molecule has 1 aliphatic heterocycles. The molecule has 0 saturated carbocycles. The van der Waals surface area contributed by atoms with Crippen molar-refractivity contribution in [2.24, 2.45) is 0 Å². The van der Waals surface area contributed by atoms with Crippen LogP contribution in [0, 0.1) is 10.1 Å². The Balaban J connectivity index is 1.58. The van der Waals surface area contributed by atoms with E-state index in [1.165, 1.54) is 19.2 Å². The number of dihydropyridines is 1. The lowest BCUT2D eigenvalue weighted by atomic mass is 9.72. The smallest absolute Gasteiger partial charge is 0.337 e. The first-order valence-electron chi connectivity index (χ1n) is 12.8. The summed E-state index contributed by atoms with van der Waals surface area (Å²) in [5.41, 5.74) is 2.03.